The molecule has 0 aromatic heterocycles. The third-order valence-electron chi connectivity index (χ3n) is 3.58. The van der Waals surface area contributed by atoms with E-state index in [1.165, 1.54) is 4.31 Å². The molecule has 1 aliphatic rings. The fourth-order valence-corrected chi connectivity index (χ4v) is 3.89. The van der Waals surface area contributed by atoms with Crippen molar-refractivity contribution in [2.45, 2.75) is 25.2 Å². The Hall–Kier alpha value is -1.40. The predicted octanol–water partition coefficient (Wildman–Crippen LogP) is 1.48. The highest BCUT2D eigenvalue weighted by Gasteiger charge is 2.44. The highest BCUT2D eigenvalue weighted by atomic mass is 32.2. The summed E-state index contributed by atoms with van der Waals surface area (Å²) in [5, 5.41) is 9.15. The lowest BCUT2D eigenvalue weighted by Gasteiger charge is -2.20. The molecule has 104 valence electrons. The first-order chi connectivity index (χ1) is 8.75. The van der Waals surface area contributed by atoms with Gasteiger partial charge in [-0.25, -0.2) is 8.42 Å². The molecule has 1 aromatic carbocycles. The van der Waals surface area contributed by atoms with E-state index >= 15 is 0 Å². The van der Waals surface area contributed by atoms with E-state index in [1.54, 1.807) is 25.1 Å². The Kier molecular flexibility index (Phi) is 3.40. The number of aryl methyl sites for hydroxylation is 1. The summed E-state index contributed by atoms with van der Waals surface area (Å²) in [6.45, 7) is 3.68. The second kappa shape index (κ2) is 4.61. The Morgan fingerprint density at radius 3 is 2.63 bits per heavy atom. The largest absolute Gasteiger partial charge is 0.481 e. The molecule has 1 N–H and O–H groups in total. The number of sulfonamides is 1. The summed E-state index contributed by atoms with van der Waals surface area (Å²) in [5.74, 6) is -0.950. The van der Waals surface area contributed by atoms with Gasteiger partial charge in [-0.2, -0.15) is 4.31 Å². The molecule has 1 fully saturated rings. The molecule has 1 heterocycles. The van der Waals surface area contributed by atoms with Crippen LogP contribution >= 0.6 is 0 Å². The SMILES string of the molecule is Cc1cccc(S(=O)(=O)N2CCC(C)(C(=O)O)C2)c1. The molecule has 1 aliphatic heterocycles. The molecule has 0 amide bonds. The number of rotatable bonds is 3. The van der Waals surface area contributed by atoms with E-state index in [0.717, 1.165) is 5.56 Å². The molecule has 1 aromatic rings. The Morgan fingerprint density at radius 2 is 2.11 bits per heavy atom. The molecule has 6 heteroatoms. The minimum absolute atomic E-state index is 0.0264. The van der Waals surface area contributed by atoms with Crippen molar-refractivity contribution in [2.75, 3.05) is 13.1 Å². The van der Waals surface area contributed by atoms with Crippen LogP contribution in [-0.2, 0) is 14.8 Å². The van der Waals surface area contributed by atoms with Crippen LogP contribution in [0.15, 0.2) is 29.2 Å². The first-order valence-electron chi connectivity index (χ1n) is 6.06. The van der Waals surface area contributed by atoms with Crippen LogP contribution in [0.25, 0.3) is 0 Å². The highest BCUT2D eigenvalue weighted by molar-refractivity contribution is 7.89. The molecular weight excluding hydrogens is 266 g/mol. The van der Waals surface area contributed by atoms with Crippen LogP contribution < -0.4 is 0 Å². The Balaban J connectivity index is 2.31. The number of hydrogen-bond acceptors (Lipinski definition) is 3. The van der Waals surface area contributed by atoms with Crippen molar-refractivity contribution in [3.63, 3.8) is 0 Å². The average Bonchev–Trinajstić information content (AvgIpc) is 2.74. The van der Waals surface area contributed by atoms with Crippen molar-refractivity contribution in [2.24, 2.45) is 5.41 Å². The molecule has 0 spiro atoms. The molecule has 5 nitrogen and oxygen atoms in total. The van der Waals surface area contributed by atoms with Gasteiger partial charge in [0.2, 0.25) is 10.0 Å². The molecule has 1 saturated heterocycles. The molecular formula is C13H17NO4S. The van der Waals surface area contributed by atoms with Crippen LogP contribution in [0.1, 0.15) is 18.9 Å². The van der Waals surface area contributed by atoms with E-state index < -0.39 is 21.4 Å². The summed E-state index contributed by atoms with van der Waals surface area (Å²) in [6.07, 6.45) is 0.341. The monoisotopic (exact) mass is 283 g/mol. The zero-order chi connectivity index (χ0) is 14.3. The Morgan fingerprint density at radius 1 is 1.42 bits per heavy atom. The lowest BCUT2D eigenvalue weighted by molar-refractivity contribution is -0.146. The van der Waals surface area contributed by atoms with E-state index in [-0.39, 0.29) is 18.0 Å². The predicted molar refractivity (Wildman–Crippen MR) is 70.3 cm³/mol. The minimum atomic E-state index is -3.60. The third-order valence-corrected chi connectivity index (χ3v) is 5.42. The number of carboxylic acid groups (broad SMARTS) is 1. The van der Waals surface area contributed by atoms with E-state index in [0.29, 0.717) is 6.42 Å². The average molecular weight is 283 g/mol. The molecule has 19 heavy (non-hydrogen) atoms. The van der Waals surface area contributed by atoms with Crippen LogP contribution in [0.3, 0.4) is 0 Å². The zero-order valence-electron chi connectivity index (χ0n) is 11.0. The Bertz CT molecular complexity index is 611. The summed E-state index contributed by atoms with van der Waals surface area (Å²) < 4.78 is 26.1. The lowest BCUT2D eigenvalue weighted by Crippen LogP contribution is -2.34. The number of benzene rings is 1. The molecule has 0 radical (unpaired) electrons. The summed E-state index contributed by atoms with van der Waals surface area (Å²) >= 11 is 0. The maximum Gasteiger partial charge on any atom is 0.310 e. The molecule has 0 saturated carbocycles. The standard InChI is InChI=1S/C13H17NO4S/c1-10-4-3-5-11(8-10)19(17,18)14-7-6-13(2,9-14)12(15)16/h3-5,8H,6-7,9H2,1-2H3,(H,15,16). The number of carbonyl (C=O) groups is 1. The number of aliphatic carboxylic acids is 1. The second-order valence-corrected chi connectivity index (χ2v) is 7.21. The van der Waals surface area contributed by atoms with Gasteiger partial charge in [0.05, 0.1) is 10.3 Å². The van der Waals surface area contributed by atoms with Crippen molar-refractivity contribution in [1.82, 2.24) is 4.31 Å². The Labute approximate surface area is 112 Å². The number of carboxylic acids is 1. The van der Waals surface area contributed by atoms with E-state index in [2.05, 4.69) is 0 Å². The molecule has 2 rings (SSSR count). The maximum absolute atomic E-state index is 12.4. The molecule has 1 unspecified atom stereocenters. The summed E-state index contributed by atoms with van der Waals surface area (Å²) in [5.41, 5.74) is -0.127. The van der Waals surface area contributed by atoms with Gasteiger partial charge < -0.3 is 5.11 Å². The van der Waals surface area contributed by atoms with Gasteiger partial charge in [-0.3, -0.25) is 4.79 Å². The summed E-state index contributed by atoms with van der Waals surface area (Å²) in [7, 11) is -3.60. The van der Waals surface area contributed by atoms with Gasteiger partial charge in [0, 0.05) is 13.1 Å². The van der Waals surface area contributed by atoms with Crippen LogP contribution in [0.5, 0.6) is 0 Å². The first-order valence-corrected chi connectivity index (χ1v) is 7.50. The van der Waals surface area contributed by atoms with Crippen molar-refractivity contribution in [1.29, 1.82) is 0 Å². The van der Waals surface area contributed by atoms with Crippen molar-refractivity contribution >= 4 is 16.0 Å². The van der Waals surface area contributed by atoms with Gasteiger partial charge in [0.1, 0.15) is 0 Å². The van der Waals surface area contributed by atoms with Crippen molar-refractivity contribution in [3.05, 3.63) is 29.8 Å². The van der Waals surface area contributed by atoms with Gasteiger partial charge in [-0.15, -0.1) is 0 Å². The van der Waals surface area contributed by atoms with Gasteiger partial charge >= 0.3 is 5.97 Å². The van der Waals surface area contributed by atoms with Gasteiger partial charge in [-0.1, -0.05) is 12.1 Å². The number of nitrogens with zero attached hydrogens (tertiary/aromatic N) is 1. The fourth-order valence-electron chi connectivity index (χ4n) is 2.22. The van der Waals surface area contributed by atoms with E-state index in [1.807, 2.05) is 13.0 Å². The summed E-state index contributed by atoms with van der Waals surface area (Å²) in [4.78, 5) is 11.4. The fraction of sp³-hybridized carbons (Fsp3) is 0.462. The van der Waals surface area contributed by atoms with Gasteiger partial charge in [0.15, 0.2) is 0 Å². The van der Waals surface area contributed by atoms with Crippen LogP contribution in [0.2, 0.25) is 0 Å². The van der Waals surface area contributed by atoms with Gasteiger partial charge in [-0.05, 0) is 38.0 Å². The first kappa shape index (κ1) is 14.0. The normalized spacial score (nSPS) is 24.5. The molecule has 0 bridgehead atoms. The van der Waals surface area contributed by atoms with E-state index in [9.17, 15) is 13.2 Å². The smallest absolute Gasteiger partial charge is 0.310 e. The zero-order valence-corrected chi connectivity index (χ0v) is 11.8. The third kappa shape index (κ3) is 2.50. The highest BCUT2D eigenvalue weighted by Crippen LogP contribution is 2.33. The van der Waals surface area contributed by atoms with Crippen LogP contribution in [0, 0.1) is 12.3 Å². The maximum atomic E-state index is 12.4. The molecule has 0 aliphatic carbocycles. The summed E-state index contributed by atoms with van der Waals surface area (Å²) in [6, 6.07) is 6.66. The van der Waals surface area contributed by atoms with Crippen molar-refractivity contribution < 1.29 is 18.3 Å². The van der Waals surface area contributed by atoms with Crippen molar-refractivity contribution in [3.8, 4) is 0 Å². The minimum Gasteiger partial charge on any atom is -0.481 e. The van der Waals surface area contributed by atoms with Crippen LogP contribution in [0.4, 0.5) is 0 Å². The molecule has 1 atom stereocenters. The van der Waals surface area contributed by atoms with Gasteiger partial charge in [0.25, 0.3) is 0 Å². The van der Waals surface area contributed by atoms with Crippen LogP contribution in [-0.4, -0.2) is 36.9 Å². The topological polar surface area (TPSA) is 74.7 Å². The lowest BCUT2D eigenvalue weighted by atomic mass is 9.90. The number of hydrogen-bond donors (Lipinski definition) is 1. The van der Waals surface area contributed by atoms with E-state index in [4.69, 9.17) is 5.11 Å². The quantitative estimate of drug-likeness (QED) is 0.911. The second-order valence-electron chi connectivity index (χ2n) is 5.27.